The molecule has 0 aromatic heterocycles. The van der Waals surface area contributed by atoms with Crippen LogP contribution in [0.4, 0.5) is 0 Å². The van der Waals surface area contributed by atoms with E-state index in [-0.39, 0.29) is 0 Å². The normalized spacial score (nSPS) is 11.2. The van der Waals surface area contributed by atoms with Crippen LogP contribution in [0.25, 0.3) is 22.3 Å². The molecule has 0 aliphatic heterocycles. The first-order valence-electron chi connectivity index (χ1n) is 15.8. The van der Waals surface area contributed by atoms with E-state index < -0.39 is 15.6 Å². The zero-order valence-corrected chi connectivity index (χ0v) is 29.9. The molecule has 0 amide bonds. The molecule has 50 heavy (non-hydrogen) atoms. The molecule has 8 nitrogen and oxygen atoms in total. The number of rotatable bonds is 8. The summed E-state index contributed by atoms with van der Waals surface area (Å²) in [7, 11) is -8.33. The average molecular weight is 709 g/mol. The Balaban J connectivity index is 0.000000149. The fraction of sp³-hybridized carbons (Fsp3) is 0.100. The van der Waals surface area contributed by atoms with E-state index in [4.69, 9.17) is 18.1 Å². The van der Waals surface area contributed by atoms with Gasteiger partial charge >= 0.3 is 15.6 Å². The van der Waals surface area contributed by atoms with Crippen LogP contribution in [-0.2, 0) is 9.13 Å². The van der Waals surface area contributed by atoms with Crippen molar-refractivity contribution in [2.24, 2.45) is 0 Å². The Morgan fingerprint density at radius 3 is 0.700 bits per heavy atom. The molecule has 7 rings (SSSR count). The molecule has 0 radical (unpaired) electrons. The zero-order valence-electron chi connectivity index (χ0n) is 28.1. The molecule has 0 unspecified atom stereocenters. The van der Waals surface area contributed by atoms with Crippen LogP contribution in [0.3, 0.4) is 0 Å². The van der Waals surface area contributed by atoms with E-state index in [9.17, 15) is 18.9 Å². The molecule has 0 bridgehead atoms. The number of hydrogen-bond donors (Lipinski definition) is 2. The largest absolute Gasteiger partial charge is 0.584 e. The summed E-state index contributed by atoms with van der Waals surface area (Å²) in [4.78, 5) is 19.3. The molecular weight excluding hydrogens is 670 g/mol. The van der Waals surface area contributed by atoms with Crippen LogP contribution in [0.5, 0.6) is 23.0 Å². The zero-order chi connectivity index (χ0) is 35.7. The van der Waals surface area contributed by atoms with Crippen molar-refractivity contribution < 1.29 is 37.0 Å². The SMILES string of the molecule is Cc1ccc(OP(=O)(O)Oc2ccc(C)cc2)cc1.Cc1ccc(OP(=O)(O)Oc2ccc(C)cc2)cc1.c1ccc2c(c1)-c1ccccc1-2. The first-order valence-corrected chi connectivity index (χ1v) is 18.7. The molecule has 6 aromatic carbocycles. The number of fused-ring (bicyclic) bond motifs is 4. The molecule has 0 heterocycles. The number of phosphoric ester groups is 2. The fourth-order valence-electron chi connectivity index (χ4n) is 4.81. The van der Waals surface area contributed by atoms with Crippen LogP contribution in [0.1, 0.15) is 22.3 Å². The van der Waals surface area contributed by atoms with Crippen molar-refractivity contribution in [3.8, 4) is 45.3 Å². The second kappa shape index (κ2) is 16.1. The Morgan fingerprint density at radius 2 is 0.520 bits per heavy atom. The molecule has 0 spiro atoms. The Bertz CT molecular complexity index is 1800. The number of benzene rings is 6. The highest BCUT2D eigenvalue weighted by atomic mass is 31.2. The van der Waals surface area contributed by atoms with E-state index in [1.165, 1.54) is 22.3 Å². The Hall–Kier alpha value is -5.10. The molecule has 256 valence electrons. The number of aryl methyl sites for hydroxylation is 4. The lowest BCUT2D eigenvalue weighted by atomic mass is 9.81. The second-order valence-corrected chi connectivity index (χ2v) is 14.3. The van der Waals surface area contributed by atoms with Gasteiger partial charge in [0.25, 0.3) is 0 Å². The van der Waals surface area contributed by atoms with Gasteiger partial charge in [0.2, 0.25) is 0 Å². The van der Waals surface area contributed by atoms with Gasteiger partial charge in [0.1, 0.15) is 23.0 Å². The molecule has 6 aromatic rings. The first kappa shape index (κ1) is 36.2. The minimum Gasteiger partial charge on any atom is -0.395 e. The Kier molecular flexibility index (Phi) is 11.6. The van der Waals surface area contributed by atoms with Crippen molar-refractivity contribution in [3.63, 3.8) is 0 Å². The van der Waals surface area contributed by atoms with Crippen LogP contribution < -0.4 is 18.1 Å². The smallest absolute Gasteiger partial charge is 0.395 e. The van der Waals surface area contributed by atoms with Gasteiger partial charge in [-0.2, -0.15) is 0 Å². The lowest BCUT2D eigenvalue weighted by Crippen LogP contribution is -1.99. The molecule has 10 heteroatoms. The van der Waals surface area contributed by atoms with Crippen molar-refractivity contribution in [3.05, 3.63) is 168 Å². The third-order valence-corrected chi connectivity index (χ3v) is 9.17. The van der Waals surface area contributed by atoms with Crippen molar-refractivity contribution in [1.82, 2.24) is 0 Å². The van der Waals surface area contributed by atoms with Crippen LogP contribution in [-0.4, -0.2) is 9.79 Å². The summed E-state index contributed by atoms with van der Waals surface area (Å²) in [6, 6.07) is 44.4. The van der Waals surface area contributed by atoms with Crippen molar-refractivity contribution in [2.75, 3.05) is 0 Å². The maximum Gasteiger partial charge on any atom is 0.584 e. The summed E-state index contributed by atoms with van der Waals surface area (Å²) in [6.45, 7) is 7.69. The maximum absolute atomic E-state index is 11.8. The monoisotopic (exact) mass is 708 g/mol. The molecule has 0 saturated carbocycles. The molecular formula is C40H38O8P2. The average Bonchev–Trinajstić information content (AvgIpc) is 3.08. The molecule has 0 atom stereocenters. The van der Waals surface area contributed by atoms with Crippen LogP contribution in [0.2, 0.25) is 0 Å². The van der Waals surface area contributed by atoms with E-state index >= 15 is 0 Å². The molecule has 1 aliphatic rings. The Labute approximate surface area is 292 Å². The van der Waals surface area contributed by atoms with Crippen molar-refractivity contribution in [2.45, 2.75) is 27.7 Å². The van der Waals surface area contributed by atoms with E-state index in [1.807, 2.05) is 27.7 Å². The summed E-state index contributed by atoms with van der Waals surface area (Å²) < 4.78 is 43.6. The van der Waals surface area contributed by atoms with Gasteiger partial charge in [-0.05, 0) is 98.5 Å². The summed E-state index contributed by atoms with van der Waals surface area (Å²) in [6.07, 6.45) is 0. The fourth-order valence-corrected chi connectivity index (χ4v) is 6.44. The van der Waals surface area contributed by atoms with Gasteiger partial charge in [0.15, 0.2) is 0 Å². The van der Waals surface area contributed by atoms with Gasteiger partial charge < -0.3 is 18.1 Å². The Morgan fingerprint density at radius 1 is 0.340 bits per heavy atom. The van der Waals surface area contributed by atoms with E-state index in [0.29, 0.717) is 23.0 Å². The predicted octanol–water partition coefficient (Wildman–Crippen LogP) is 11.1. The molecule has 1 aliphatic carbocycles. The van der Waals surface area contributed by atoms with Crippen LogP contribution >= 0.6 is 15.6 Å². The van der Waals surface area contributed by atoms with Crippen LogP contribution in [0.15, 0.2) is 146 Å². The second-order valence-electron chi connectivity index (χ2n) is 11.6. The third kappa shape index (κ3) is 10.4. The quantitative estimate of drug-likeness (QED) is 0.150. The molecule has 0 fully saturated rings. The molecule has 2 N–H and O–H groups in total. The number of phosphoric acid groups is 2. The highest BCUT2D eigenvalue weighted by Gasteiger charge is 2.26. The standard InChI is InChI=1S/2C14H15O4P.C12H8/c2*1-11-3-7-13(8-4-11)17-19(15,16)18-14-9-5-12(2)6-10-14;1-2-6-10-9(5-1)11-7-3-4-8-12(10)11/h2*3-10H,1-2H3,(H,15,16);1-8H. The topological polar surface area (TPSA) is 112 Å². The van der Waals surface area contributed by atoms with E-state index in [0.717, 1.165) is 22.3 Å². The van der Waals surface area contributed by atoms with Gasteiger partial charge in [0, 0.05) is 0 Å². The lowest BCUT2D eigenvalue weighted by Gasteiger charge is -2.22. The van der Waals surface area contributed by atoms with Crippen LogP contribution in [0, 0.1) is 27.7 Å². The molecule has 0 saturated heterocycles. The lowest BCUT2D eigenvalue weighted by molar-refractivity contribution is 0.289. The highest BCUT2D eigenvalue weighted by Crippen LogP contribution is 2.47. The van der Waals surface area contributed by atoms with Gasteiger partial charge in [0.05, 0.1) is 0 Å². The minimum absolute atomic E-state index is 0.295. The summed E-state index contributed by atoms with van der Waals surface area (Å²) >= 11 is 0. The van der Waals surface area contributed by atoms with Gasteiger partial charge in [-0.1, -0.05) is 119 Å². The van der Waals surface area contributed by atoms with E-state index in [1.54, 1.807) is 97.1 Å². The van der Waals surface area contributed by atoms with Crippen molar-refractivity contribution >= 4 is 15.6 Å². The maximum atomic E-state index is 11.8. The third-order valence-electron chi connectivity index (χ3n) is 7.40. The van der Waals surface area contributed by atoms with E-state index in [2.05, 4.69) is 48.5 Å². The van der Waals surface area contributed by atoms with Gasteiger partial charge in [-0.15, -0.1) is 0 Å². The summed E-state index contributed by atoms with van der Waals surface area (Å²) in [5.41, 5.74) is 9.75. The first-order chi connectivity index (χ1) is 23.9. The number of hydrogen-bond acceptors (Lipinski definition) is 6. The van der Waals surface area contributed by atoms with Gasteiger partial charge in [-0.3, -0.25) is 9.79 Å². The van der Waals surface area contributed by atoms with Gasteiger partial charge in [-0.25, -0.2) is 9.13 Å². The summed E-state index contributed by atoms with van der Waals surface area (Å²) in [5.74, 6) is 1.18. The van der Waals surface area contributed by atoms with Crippen molar-refractivity contribution in [1.29, 1.82) is 0 Å². The highest BCUT2D eigenvalue weighted by molar-refractivity contribution is 7.48. The summed E-state index contributed by atoms with van der Waals surface area (Å²) in [5, 5.41) is 0. The predicted molar refractivity (Wildman–Crippen MR) is 198 cm³/mol. The minimum atomic E-state index is -4.17.